The van der Waals surface area contributed by atoms with Gasteiger partial charge in [0.05, 0.1) is 13.2 Å². The first-order valence-electron chi connectivity index (χ1n) is 8.11. The first-order chi connectivity index (χ1) is 10.2. The molecule has 6 heteroatoms. The summed E-state index contributed by atoms with van der Waals surface area (Å²) in [6, 6.07) is 0. The van der Waals surface area contributed by atoms with Crippen LogP contribution in [0, 0.1) is 5.92 Å². The number of piperazine rings is 1. The number of carbonyl (C=O) groups excluding carboxylic acids is 2. The Morgan fingerprint density at radius 3 is 2.14 bits per heavy atom. The largest absolute Gasteiger partial charge is 0.379 e. The summed E-state index contributed by atoms with van der Waals surface area (Å²) in [7, 11) is 0. The van der Waals surface area contributed by atoms with E-state index in [0.717, 1.165) is 45.7 Å². The number of hydrogen-bond donors (Lipinski definition) is 0. The summed E-state index contributed by atoms with van der Waals surface area (Å²) in [5, 5.41) is 0. The van der Waals surface area contributed by atoms with Crippen LogP contribution in [0.15, 0.2) is 0 Å². The fourth-order valence-corrected chi connectivity index (χ4v) is 3.00. The summed E-state index contributed by atoms with van der Waals surface area (Å²) in [4.78, 5) is 30.3. The van der Waals surface area contributed by atoms with E-state index < -0.39 is 0 Å². The van der Waals surface area contributed by atoms with Gasteiger partial charge in [-0.25, -0.2) is 0 Å². The monoisotopic (exact) mass is 295 g/mol. The molecule has 0 atom stereocenters. The van der Waals surface area contributed by atoms with Gasteiger partial charge in [0.2, 0.25) is 11.8 Å². The molecule has 3 fully saturated rings. The third-order valence-electron chi connectivity index (χ3n) is 4.62. The van der Waals surface area contributed by atoms with Crippen LogP contribution in [0.1, 0.15) is 19.3 Å². The standard InChI is InChI=1S/C15H25N3O3/c19-14(3-4-16-9-11-21-12-10-16)17-5-7-18(8-6-17)15(20)13-1-2-13/h13H,1-12H2. The first-order valence-corrected chi connectivity index (χ1v) is 8.11. The lowest BCUT2D eigenvalue weighted by atomic mass is 10.2. The Morgan fingerprint density at radius 2 is 1.52 bits per heavy atom. The van der Waals surface area contributed by atoms with Crippen LogP contribution in [0.2, 0.25) is 0 Å². The van der Waals surface area contributed by atoms with Crippen LogP contribution in [0.25, 0.3) is 0 Å². The van der Waals surface area contributed by atoms with Crippen molar-refractivity contribution in [2.75, 3.05) is 59.0 Å². The van der Waals surface area contributed by atoms with Crippen LogP contribution < -0.4 is 0 Å². The van der Waals surface area contributed by atoms with E-state index in [2.05, 4.69) is 4.90 Å². The second-order valence-corrected chi connectivity index (χ2v) is 6.18. The maximum atomic E-state index is 12.2. The molecule has 6 nitrogen and oxygen atoms in total. The van der Waals surface area contributed by atoms with Crippen LogP contribution in [-0.2, 0) is 14.3 Å². The van der Waals surface area contributed by atoms with Gasteiger partial charge < -0.3 is 14.5 Å². The van der Waals surface area contributed by atoms with Gasteiger partial charge in [0.15, 0.2) is 0 Å². The highest BCUT2D eigenvalue weighted by atomic mass is 16.5. The van der Waals surface area contributed by atoms with Crippen molar-refractivity contribution in [2.24, 2.45) is 5.92 Å². The molecule has 0 aromatic heterocycles. The van der Waals surface area contributed by atoms with Gasteiger partial charge in [-0.05, 0) is 12.8 Å². The average molecular weight is 295 g/mol. The molecule has 0 unspecified atom stereocenters. The lowest BCUT2D eigenvalue weighted by molar-refractivity contribution is -0.140. The zero-order valence-corrected chi connectivity index (χ0v) is 12.6. The van der Waals surface area contributed by atoms with Crippen molar-refractivity contribution in [3.63, 3.8) is 0 Å². The molecule has 21 heavy (non-hydrogen) atoms. The summed E-state index contributed by atoms with van der Waals surface area (Å²) >= 11 is 0. The smallest absolute Gasteiger partial charge is 0.225 e. The number of nitrogens with zero attached hydrogens (tertiary/aromatic N) is 3. The van der Waals surface area contributed by atoms with Gasteiger partial charge in [-0.3, -0.25) is 14.5 Å². The molecule has 0 bridgehead atoms. The predicted octanol–water partition coefficient (Wildman–Crippen LogP) is -0.210. The minimum absolute atomic E-state index is 0.222. The molecule has 1 saturated carbocycles. The molecule has 0 spiro atoms. The minimum atomic E-state index is 0.222. The molecule has 3 rings (SSSR count). The number of amides is 2. The number of ether oxygens (including phenoxy) is 1. The van der Waals surface area contributed by atoms with Crippen LogP contribution in [0.5, 0.6) is 0 Å². The molecule has 2 heterocycles. The average Bonchev–Trinajstić information content (AvgIpc) is 3.38. The van der Waals surface area contributed by atoms with Crippen molar-refractivity contribution in [3.8, 4) is 0 Å². The fourth-order valence-electron chi connectivity index (χ4n) is 3.00. The Hall–Kier alpha value is -1.14. The molecule has 3 aliphatic rings. The number of carbonyl (C=O) groups is 2. The van der Waals surface area contributed by atoms with E-state index in [1.807, 2.05) is 9.80 Å². The molecule has 0 aromatic carbocycles. The lowest BCUT2D eigenvalue weighted by Gasteiger charge is -2.35. The zero-order chi connectivity index (χ0) is 14.7. The second-order valence-electron chi connectivity index (χ2n) is 6.18. The zero-order valence-electron chi connectivity index (χ0n) is 12.6. The van der Waals surface area contributed by atoms with Crippen molar-refractivity contribution in [2.45, 2.75) is 19.3 Å². The van der Waals surface area contributed by atoms with Crippen LogP contribution in [0.4, 0.5) is 0 Å². The van der Waals surface area contributed by atoms with E-state index in [-0.39, 0.29) is 11.8 Å². The maximum Gasteiger partial charge on any atom is 0.225 e. The van der Waals surface area contributed by atoms with Crippen molar-refractivity contribution >= 4 is 11.8 Å². The summed E-state index contributed by atoms with van der Waals surface area (Å²) in [5.41, 5.74) is 0. The van der Waals surface area contributed by atoms with E-state index in [0.29, 0.717) is 38.5 Å². The van der Waals surface area contributed by atoms with Crippen molar-refractivity contribution in [1.29, 1.82) is 0 Å². The highest BCUT2D eigenvalue weighted by Gasteiger charge is 2.35. The SMILES string of the molecule is O=C(CCN1CCOCC1)N1CCN(C(=O)C2CC2)CC1. The van der Waals surface area contributed by atoms with Crippen molar-refractivity contribution in [1.82, 2.24) is 14.7 Å². The number of morpholine rings is 1. The Morgan fingerprint density at radius 1 is 0.905 bits per heavy atom. The van der Waals surface area contributed by atoms with Gasteiger partial charge in [-0.15, -0.1) is 0 Å². The highest BCUT2D eigenvalue weighted by Crippen LogP contribution is 2.31. The third-order valence-corrected chi connectivity index (χ3v) is 4.62. The molecule has 1 aliphatic carbocycles. The van der Waals surface area contributed by atoms with Gasteiger partial charge >= 0.3 is 0 Å². The molecular weight excluding hydrogens is 270 g/mol. The molecular formula is C15H25N3O3. The summed E-state index contributed by atoms with van der Waals surface area (Å²) in [5.74, 6) is 0.809. The topological polar surface area (TPSA) is 53.1 Å². The Kier molecular flexibility index (Phi) is 4.75. The molecule has 0 radical (unpaired) electrons. The van der Waals surface area contributed by atoms with E-state index in [1.165, 1.54) is 0 Å². The first kappa shape index (κ1) is 14.8. The summed E-state index contributed by atoms with van der Waals surface area (Å²) in [6.07, 6.45) is 2.69. The molecule has 118 valence electrons. The van der Waals surface area contributed by atoms with Gasteiger partial charge in [0.25, 0.3) is 0 Å². The minimum Gasteiger partial charge on any atom is -0.379 e. The number of hydrogen-bond acceptors (Lipinski definition) is 4. The van der Waals surface area contributed by atoms with E-state index in [4.69, 9.17) is 4.74 Å². The van der Waals surface area contributed by atoms with Gasteiger partial charge in [0.1, 0.15) is 0 Å². The fraction of sp³-hybridized carbons (Fsp3) is 0.867. The highest BCUT2D eigenvalue weighted by molar-refractivity contribution is 5.81. The van der Waals surface area contributed by atoms with E-state index in [1.54, 1.807) is 0 Å². The van der Waals surface area contributed by atoms with Crippen LogP contribution in [-0.4, -0.2) is 85.5 Å². The van der Waals surface area contributed by atoms with Crippen LogP contribution in [0.3, 0.4) is 0 Å². The van der Waals surface area contributed by atoms with E-state index in [9.17, 15) is 9.59 Å². The molecule has 2 amide bonds. The van der Waals surface area contributed by atoms with Gasteiger partial charge in [-0.2, -0.15) is 0 Å². The molecule has 2 aliphatic heterocycles. The van der Waals surface area contributed by atoms with Gasteiger partial charge in [0, 0.05) is 58.2 Å². The van der Waals surface area contributed by atoms with Gasteiger partial charge in [-0.1, -0.05) is 0 Å². The molecule has 0 aromatic rings. The summed E-state index contributed by atoms with van der Waals surface area (Å²) in [6.45, 7) is 7.03. The second kappa shape index (κ2) is 6.75. The van der Waals surface area contributed by atoms with E-state index >= 15 is 0 Å². The molecule has 2 saturated heterocycles. The van der Waals surface area contributed by atoms with Crippen molar-refractivity contribution in [3.05, 3.63) is 0 Å². The summed E-state index contributed by atoms with van der Waals surface area (Å²) < 4.78 is 5.31. The van der Waals surface area contributed by atoms with Crippen molar-refractivity contribution < 1.29 is 14.3 Å². The number of rotatable bonds is 4. The molecule has 0 N–H and O–H groups in total. The maximum absolute atomic E-state index is 12.2. The third kappa shape index (κ3) is 3.95. The Bertz CT molecular complexity index is 384. The Labute approximate surface area is 126 Å². The quantitative estimate of drug-likeness (QED) is 0.720. The Balaban J connectivity index is 1.37. The predicted molar refractivity (Wildman–Crippen MR) is 77.8 cm³/mol. The lowest BCUT2D eigenvalue weighted by Crippen LogP contribution is -2.51. The normalized spacial score (nSPS) is 24.2. The van der Waals surface area contributed by atoms with Crippen LogP contribution >= 0.6 is 0 Å².